The van der Waals surface area contributed by atoms with E-state index in [-0.39, 0.29) is 0 Å². The molecule has 1 fully saturated rings. The minimum Gasteiger partial charge on any atom is -0.336 e. The van der Waals surface area contributed by atoms with Crippen molar-refractivity contribution in [3.63, 3.8) is 0 Å². The van der Waals surface area contributed by atoms with Crippen molar-refractivity contribution in [2.24, 2.45) is 0 Å². The van der Waals surface area contributed by atoms with Gasteiger partial charge < -0.3 is 4.90 Å². The van der Waals surface area contributed by atoms with Crippen LogP contribution in [-0.4, -0.2) is 29.8 Å². The van der Waals surface area contributed by atoms with Crippen molar-refractivity contribution >= 4 is 5.91 Å². The van der Waals surface area contributed by atoms with Crippen LogP contribution in [0.15, 0.2) is 0 Å². The van der Waals surface area contributed by atoms with Crippen molar-refractivity contribution < 1.29 is 13.6 Å². The number of hydrogen-bond acceptors (Lipinski definition) is 2. The van der Waals surface area contributed by atoms with Crippen LogP contribution in [0.25, 0.3) is 0 Å². The Balaban J connectivity index is 2.64. The Labute approximate surface area is 68.6 Å². The maximum absolute atomic E-state index is 12.4. The largest absolute Gasteiger partial charge is 0.408 e. The molecule has 0 aromatic rings. The molecule has 12 heavy (non-hydrogen) atoms. The monoisotopic (exact) mass is 174 g/mol. The van der Waals surface area contributed by atoms with Crippen LogP contribution in [0.1, 0.15) is 12.8 Å². The van der Waals surface area contributed by atoms with Gasteiger partial charge in [0.1, 0.15) is 6.07 Å². The molecule has 5 heteroatoms. The predicted octanol–water partition coefficient (Wildman–Crippen LogP) is 0.768. The second-order valence-corrected chi connectivity index (χ2v) is 2.69. The highest BCUT2D eigenvalue weighted by atomic mass is 19.3. The molecule has 0 atom stereocenters. The zero-order valence-electron chi connectivity index (χ0n) is 6.39. The highest BCUT2D eigenvalue weighted by Crippen LogP contribution is 2.19. The second-order valence-electron chi connectivity index (χ2n) is 2.69. The van der Waals surface area contributed by atoms with Gasteiger partial charge in [0.2, 0.25) is 0 Å². The van der Waals surface area contributed by atoms with E-state index < -0.39 is 11.8 Å². The third-order valence-corrected chi connectivity index (χ3v) is 1.80. The molecule has 0 aliphatic carbocycles. The lowest BCUT2D eigenvalue weighted by atomic mass is 10.3. The molecule has 0 aromatic carbocycles. The average Bonchev–Trinajstić information content (AvgIpc) is 2.55. The van der Waals surface area contributed by atoms with Gasteiger partial charge in [0.25, 0.3) is 0 Å². The molecule has 1 amide bonds. The molecule has 3 nitrogen and oxygen atoms in total. The first-order valence-electron chi connectivity index (χ1n) is 3.66. The van der Waals surface area contributed by atoms with Crippen molar-refractivity contribution in [2.45, 2.75) is 18.8 Å². The molecule has 66 valence electrons. The molecule has 1 heterocycles. The summed E-state index contributed by atoms with van der Waals surface area (Å²) >= 11 is 0. The lowest BCUT2D eigenvalue weighted by Crippen LogP contribution is -2.40. The van der Waals surface area contributed by atoms with Crippen molar-refractivity contribution in [3.8, 4) is 6.07 Å². The molecule has 1 aliphatic heterocycles. The van der Waals surface area contributed by atoms with Gasteiger partial charge in [-0.2, -0.15) is 14.0 Å². The first kappa shape index (κ1) is 8.91. The van der Waals surface area contributed by atoms with E-state index in [0.29, 0.717) is 19.2 Å². The molecule has 0 unspecified atom stereocenters. The van der Waals surface area contributed by atoms with Crippen molar-refractivity contribution in [3.05, 3.63) is 0 Å². The van der Waals surface area contributed by atoms with Gasteiger partial charge in [-0.15, -0.1) is 0 Å². The van der Waals surface area contributed by atoms with Gasteiger partial charge in [-0.05, 0) is 12.8 Å². The van der Waals surface area contributed by atoms with Crippen molar-refractivity contribution in [1.82, 2.24) is 4.90 Å². The van der Waals surface area contributed by atoms with Crippen LogP contribution in [0.2, 0.25) is 0 Å². The van der Waals surface area contributed by atoms with Gasteiger partial charge in [0, 0.05) is 13.1 Å². The minimum atomic E-state index is -3.84. The van der Waals surface area contributed by atoms with E-state index >= 15 is 0 Å². The molecule has 0 spiro atoms. The summed E-state index contributed by atoms with van der Waals surface area (Å²) in [7, 11) is 0. The topological polar surface area (TPSA) is 44.1 Å². The number of likely N-dealkylation sites (tertiary alicyclic amines) is 1. The van der Waals surface area contributed by atoms with Crippen LogP contribution in [0.3, 0.4) is 0 Å². The average molecular weight is 174 g/mol. The molecule has 0 aromatic heterocycles. The molecule has 0 saturated carbocycles. The Bertz CT molecular complexity index is 228. The van der Waals surface area contributed by atoms with Gasteiger partial charge in [-0.1, -0.05) is 0 Å². The Morgan fingerprint density at radius 3 is 2.33 bits per heavy atom. The summed E-state index contributed by atoms with van der Waals surface area (Å²) in [5.74, 6) is -5.20. The van der Waals surface area contributed by atoms with Gasteiger partial charge in [-0.3, -0.25) is 4.79 Å². The molecule has 1 saturated heterocycles. The Kier molecular flexibility index (Phi) is 2.27. The summed E-state index contributed by atoms with van der Waals surface area (Å²) in [4.78, 5) is 11.9. The summed E-state index contributed by atoms with van der Waals surface area (Å²) in [6.07, 6.45) is 1.49. The first-order valence-corrected chi connectivity index (χ1v) is 3.66. The zero-order chi connectivity index (χ0) is 9.19. The number of amides is 1. The third-order valence-electron chi connectivity index (χ3n) is 1.80. The zero-order valence-corrected chi connectivity index (χ0v) is 6.39. The van der Waals surface area contributed by atoms with E-state index in [1.807, 2.05) is 0 Å². The van der Waals surface area contributed by atoms with Crippen LogP contribution in [0.5, 0.6) is 0 Å². The fraction of sp³-hybridized carbons (Fsp3) is 0.714. The number of hydrogen-bond donors (Lipinski definition) is 0. The maximum Gasteiger partial charge on any atom is 0.408 e. The fourth-order valence-electron chi connectivity index (χ4n) is 1.17. The van der Waals surface area contributed by atoms with Crippen LogP contribution in [0, 0.1) is 11.3 Å². The molecule has 0 radical (unpaired) electrons. The van der Waals surface area contributed by atoms with E-state index in [9.17, 15) is 13.6 Å². The number of nitriles is 1. The normalized spacial score (nSPS) is 17.6. The Morgan fingerprint density at radius 2 is 1.92 bits per heavy atom. The summed E-state index contributed by atoms with van der Waals surface area (Å²) in [6, 6.07) is 0.693. The van der Waals surface area contributed by atoms with Crippen molar-refractivity contribution in [1.29, 1.82) is 5.26 Å². The lowest BCUT2D eigenvalue weighted by Gasteiger charge is -2.17. The van der Waals surface area contributed by atoms with E-state index in [2.05, 4.69) is 0 Å². The standard InChI is InChI=1S/C7H8F2N2O/c8-7(9,5-10)6(12)11-3-1-2-4-11/h1-4H2. The summed E-state index contributed by atoms with van der Waals surface area (Å²) < 4.78 is 24.9. The van der Waals surface area contributed by atoms with Gasteiger partial charge >= 0.3 is 11.8 Å². The predicted molar refractivity (Wildman–Crippen MR) is 36.4 cm³/mol. The summed E-state index contributed by atoms with van der Waals surface area (Å²) in [6.45, 7) is 0.687. The van der Waals surface area contributed by atoms with E-state index in [1.165, 1.54) is 0 Å². The molecule has 0 N–H and O–H groups in total. The molecule has 0 bridgehead atoms. The highest BCUT2D eigenvalue weighted by molar-refractivity contribution is 5.86. The molecule has 1 aliphatic rings. The van der Waals surface area contributed by atoms with E-state index in [4.69, 9.17) is 5.26 Å². The minimum absolute atomic E-state index is 0.343. The fourth-order valence-corrected chi connectivity index (χ4v) is 1.17. The van der Waals surface area contributed by atoms with Gasteiger partial charge in [0.15, 0.2) is 0 Å². The smallest absolute Gasteiger partial charge is 0.336 e. The molecular formula is C7H8F2N2O. The number of carbonyl (C=O) groups excluding carboxylic acids is 1. The van der Waals surface area contributed by atoms with Crippen LogP contribution < -0.4 is 0 Å². The Morgan fingerprint density at radius 1 is 1.42 bits per heavy atom. The van der Waals surface area contributed by atoms with E-state index in [0.717, 1.165) is 17.7 Å². The summed E-state index contributed by atoms with van der Waals surface area (Å²) in [5, 5.41) is 7.98. The number of rotatable bonds is 1. The van der Waals surface area contributed by atoms with Gasteiger partial charge in [0.05, 0.1) is 0 Å². The molecule has 1 rings (SSSR count). The number of halogens is 2. The number of carbonyl (C=O) groups is 1. The number of nitrogens with zero attached hydrogens (tertiary/aromatic N) is 2. The van der Waals surface area contributed by atoms with Crippen LogP contribution in [-0.2, 0) is 4.79 Å². The lowest BCUT2D eigenvalue weighted by molar-refractivity contribution is -0.148. The van der Waals surface area contributed by atoms with Gasteiger partial charge in [-0.25, -0.2) is 0 Å². The summed E-state index contributed by atoms with van der Waals surface area (Å²) in [5.41, 5.74) is 0. The quantitative estimate of drug-likeness (QED) is 0.589. The second kappa shape index (κ2) is 3.05. The van der Waals surface area contributed by atoms with Crippen LogP contribution >= 0.6 is 0 Å². The van der Waals surface area contributed by atoms with Crippen molar-refractivity contribution in [2.75, 3.05) is 13.1 Å². The van der Waals surface area contributed by atoms with Crippen LogP contribution in [0.4, 0.5) is 8.78 Å². The molecular weight excluding hydrogens is 166 g/mol. The first-order chi connectivity index (χ1) is 5.58. The third kappa shape index (κ3) is 1.52. The highest BCUT2D eigenvalue weighted by Gasteiger charge is 2.42. The maximum atomic E-state index is 12.4. The number of alkyl halides is 2. The SMILES string of the molecule is N#CC(F)(F)C(=O)N1CCCC1. The van der Waals surface area contributed by atoms with E-state index in [1.54, 1.807) is 0 Å². The Hall–Kier alpha value is -1.18.